The molecule has 226 valence electrons. The Hall–Kier alpha value is -4.21. The van der Waals surface area contributed by atoms with E-state index in [4.69, 9.17) is 29.0 Å². The summed E-state index contributed by atoms with van der Waals surface area (Å²) in [6, 6.07) is 16.6. The second-order valence-corrected chi connectivity index (χ2v) is 12.1. The normalized spacial score (nSPS) is 14.7. The summed E-state index contributed by atoms with van der Waals surface area (Å²) in [4.78, 5) is 60.2. The fraction of sp³-hybridized carbons (Fsp3) is 0.382. The molecule has 0 bridgehead atoms. The van der Waals surface area contributed by atoms with Gasteiger partial charge in [0.05, 0.1) is 16.7 Å². The standard InChI is InChI=1S/C34H36O9/c1-7-17-32(3,4)42-40-29(35)21-13-15-25-27(19-21)38-28-20-22(30(36)41-43-33(5,6)18-8-2)14-16-26(28)34(25)24-12-10-9-11-23(24)31(37)39-34/h9-16,19-20H,7-8,17-18H2,1-6H3. The summed E-state index contributed by atoms with van der Waals surface area (Å²) in [5, 5.41) is 0. The third-order valence-electron chi connectivity index (χ3n) is 7.58. The van der Waals surface area contributed by atoms with Crippen LogP contribution in [0.3, 0.4) is 0 Å². The first kappa shape index (κ1) is 30.3. The maximum atomic E-state index is 13.1. The quantitative estimate of drug-likeness (QED) is 0.134. The summed E-state index contributed by atoms with van der Waals surface area (Å²) < 4.78 is 12.4. The number of ether oxygens (including phenoxy) is 2. The molecule has 1 spiro atoms. The number of hydrogen-bond donors (Lipinski definition) is 0. The van der Waals surface area contributed by atoms with Gasteiger partial charge in [0.15, 0.2) is 5.60 Å². The summed E-state index contributed by atoms with van der Waals surface area (Å²) in [7, 11) is 0. The van der Waals surface area contributed by atoms with Crippen molar-refractivity contribution in [3.63, 3.8) is 0 Å². The molecule has 9 heteroatoms. The minimum Gasteiger partial charge on any atom is -0.456 e. The molecule has 0 unspecified atom stereocenters. The maximum Gasteiger partial charge on any atom is 0.373 e. The van der Waals surface area contributed by atoms with E-state index in [-0.39, 0.29) is 22.6 Å². The minimum atomic E-state index is -1.37. The van der Waals surface area contributed by atoms with Crippen LogP contribution < -0.4 is 4.74 Å². The second kappa shape index (κ2) is 11.5. The van der Waals surface area contributed by atoms with E-state index in [0.717, 1.165) is 12.8 Å². The van der Waals surface area contributed by atoms with Gasteiger partial charge in [-0.2, -0.15) is 9.78 Å². The van der Waals surface area contributed by atoms with Crippen LogP contribution in [-0.2, 0) is 29.9 Å². The molecule has 9 nitrogen and oxygen atoms in total. The molecule has 0 N–H and O–H groups in total. The molecule has 0 atom stereocenters. The Labute approximate surface area is 250 Å². The van der Waals surface area contributed by atoms with Gasteiger partial charge in [0.2, 0.25) is 0 Å². The Morgan fingerprint density at radius 3 is 1.70 bits per heavy atom. The fourth-order valence-electron chi connectivity index (χ4n) is 5.61. The first-order chi connectivity index (χ1) is 20.4. The molecule has 0 saturated carbocycles. The van der Waals surface area contributed by atoms with Crippen molar-refractivity contribution in [3.8, 4) is 11.5 Å². The topological polar surface area (TPSA) is 107 Å². The molecule has 0 aromatic heterocycles. The highest BCUT2D eigenvalue weighted by molar-refractivity contribution is 5.98. The van der Waals surface area contributed by atoms with Crippen molar-refractivity contribution in [3.05, 3.63) is 94.0 Å². The van der Waals surface area contributed by atoms with Crippen molar-refractivity contribution in [2.45, 2.75) is 84.0 Å². The van der Waals surface area contributed by atoms with E-state index in [1.807, 2.05) is 53.7 Å². The molecule has 3 aromatic carbocycles. The molecule has 5 rings (SSSR count). The molecular weight excluding hydrogens is 552 g/mol. The zero-order valence-corrected chi connectivity index (χ0v) is 25.3. The predicted octanol–water partition coefficient (Wildman–Crippen LogP) is 7.59. The van der Waals surface area contributed by atoms with E-state index in [1.165, 1.54) is 12.1 Å². The van der Waals surface area contributed by atoms with Crippen LogP contribution in [0.15, 0.2) is 60.7 Å². The predicted molar refractivity (Wildman–Crippen MR) is 156 cm³/mol. The number of benzene rings is 3. The number of carbonyl (C=O) groups excluding carboxylic acids is 3. The first-order valence-corrected chi connectivity index (χ1v) is 14.5. The SMILES string of the molecule is CCCC(C)(C)OOC(=O)c1ccc2c(c1)Oc1cc(C(=O)OOC(C)(C)CCC)ccc1C21OC(=O)c2ccccc21. The Bertz CT molecular complexity index is 1490. The largest absolute Gasteiger partial charge is 0.456 e. The lowest BCUT2D eigenvalue weighted by Crippen LogP contribution is -2.33. The van der Waals surface area contributed by atoms with Gasteiger partial charge in [0.25, 0.3) is 0 Å². The van der Waals surface area contributed by atoms with Crippen LogP contribution in [0.5, 0.6) is 11.5 Å². The Balaban J connectivity index is 1.54. The summed E-state index contributed by atoms with van der Waals surface area (Å²) in [5.74, 6) is -1.40. The van der Waals surface area contributed by atoms with Gasteiger partial charge in [-0.15, -0.1) is 0 Å². The van der Waals surface area contributed by atoms with Gasteiger partial charge in [0.1, 0.15) is 22.7 Å². The van der Waals surface area contributed by atoms with Crippen LogP contribution in [0, 0.1) is 0 Å². The summed E-state index contributed by atoms with van der Waals surface area (Å²) >= 11 is 0. The maximum absolute atomic E-state index is 13.1. The van der Waals surface area contributed by atoms with Crippen molar-refractivity contribution in [2.75, 3.05) is 0 Å². The monoisotopic (exact) mass is 588 g/mol. The second-order valence-electron chi connectivity index (χ2n) is 12.1. The van der Waals surface area contributed by atoms with Gasteiger partial charge in [0, 0.05) is 16.7 Å². The average molecular weight is 589 g/mol. The lowest BCUT2D eigenvalue weighted by atomic mass is 9.77. The lowest BCUT2D eigenvalue weighted by Gasteiger charge is -2.36. The number of fused-ring (bicyclic) bond motifs is 6. The molecule has 0 aliphatic carbocycles. The van der Waals surface area contributed by atoms with Crippen LogP contribution in [-0.4, -0.2) is 29.1 Å². The zero-order chi connectivity index (χ0) is 31.0. The van der Waals surface area contributed by atoms with Crippen LogP contribution >= 0.6 is 0 Å². The molecule has 2 aliphatic heterocycles. The van der Waals surface area contributed by atoms with E-state index in [1.54, 1.807) is 36.4 Å². The van der Waals surface area contributed by atoms with Crippen LogP contribution in [0.25, 0.3) is 0 Å². The highest BCUT2D eigenvalue weighted by Gasteiger charge is 2.53. The molecule has 0 amide bonds. The highest BCUT2D eigenvalue weighted by Crippen LogP contribution is 2.56. The van der Waals surface area contributed by atoms with E-state index in [0.29, 0.717) is 35.1 Å². The zero-order valence-electron chi connectivity index (χ0n) is 25.3. The number of carbonyl (C=O) groups is 3. The van der Waals surface area contributed by atoms with Crippen LogP contribution in [0.4, 0.5) is 0 Å². The molecule has 0 radical (unpaired) electrons. The summed E-state index contributed by atoms with van der Waals surface area (Å²) in [5.41, 5.74) is -0.281. The van der Waals surface area contributed by atoms with Crippen LogP contribution in [0.1, 0.15) is 115 Å². The number of hydrogen-bond acceptors (Lipinski definition) is 9. The summed E-state index contributed by atoms with van der Waals surface area (Å²) in [6.07, 6.45) is 3.11. The smallest absolute Gasteiger partial charge is 0.373 e. The Kier molecular flexibility index (Phi) is 8.07. The van der Waals surface area contributed by atoms with Crippen molar-refractivity contribution in [2.24, 2.45) is 0 Å². The molecule has 0 saturated heterocycles. The van der Waals surface area contributed by atoms with Crippen molar-refractivity contribution in [1.29, 1.82) is 0 Å². The van der Waals surface area contributed by atoms with E-state index in [2.05, 4.69) is 0 Å². The van der Waals surface area contributed by atoms with E-state index >= 15 is 0 Å². The highest BCUT2D eigenvalue weighted by atomic mass is 17.2. The van der Waals surface area contributed by atoms with E-state index < -0.39 is 34.7 Å². The molecule has 2 aliphatic rings. The third-order valence-corrected chi connectivity index (χ3v) is 7.58. The molecular formula is C34H36O9. The van der Waals surface area contributed by atoms with Crippen molar-refractivity contribution >= 4 is 17.9 Å². The van der Waals surface area contributed by atoms with Gasteiger partial charge < -0.3 is 9.47 Å². The van der Waals surface area contributed by atoms with Gasteiger partial charge in [-0.25, -0.2) is 14.4 Å². The fourth-order valence-corrected chi connectivity index (χ4v) is 5.61. The molecule has 3 aromatic rings. The Morgan fingerprint density at radius 2 is 1.21 bits per heavy atom. The third kappa shape index (κ3) is 5.75. The Morgan fingerprint density at radius 1 is 0.721 bits per heavy atom. The average Bonchev–Trinajstić information content (AvgIpc) is 3.26. The number of rotatable bonds is 10. The van der Waals surface area contributed by atoms with Gasteiger partial charge in [-0.3, -0.25) is 9.78 Å². The first-order valence-electron chi connectivity index (χ1n) is 14.5. The minimum absolute atomic E-state index is 0.171. The van der Waals surface area contributed by atoms with E-state index in [9.17, 15) is 14.4 Å². The molecule has 2 heterocycles. The van der Waals surface area contributed by atoms with Gasteiger partial charge >= 0.3 is 17.9 Å². The van der Waals surface area contributed by atoms with Crippen molar-refractivity contribution in [1.82, 2.24) is 0 Å². The lowest BCUT2D eigenvalue weighted by molar-refractivity contribution is -0.308. The molecule has 0 fully saturated rings. The van der Waals surface area contributed by atoms with Gasteiger partial charge in [-0.05, 0) is 83.0 Å². The summed E-state index contributed by atoms with van der Waals surface area (Å²) in [6.45, 7) is 11.4. The number of esters is 1. The van der Waals surface area contributed by atoms with Gasteiger partial charge in [-0.1, -0.05) is 44.9 Å². The van der Waals surface area contributed by atoms with Crippen molar-refractivity contribution < 1.29 is 43.4 Å². The molecule has 43 heavy (non-hydrogen) atoms. The van der Waals surface area contributed by atoms with Crippen LogP contribution in [0.2, 0.25) is 0 Å².